The molecule has 0 aromatic heterocycles. The lowest BCUT2D eigenvalue weighted by Gasteiger charge is -2.08. The van der Waals surface area contributed by atoms with Crippen LogP contribution in [0.2, 0.25) is 10.0 Å². The van der Waals surface area contributed by atoms with Gasteiger partial charge in [-0.1, -0.05) is 41.4 Å². The van der Waals surface area contributed by atoms with Crippen LogP contribution in [0.25, 0.3) is 0 Å². The molecule has 0 atom stereocenters. The number of ether oxygens (including phenoxy) is 1. The summed E-state index contributed by atoms with van der Waals surface area (Å²) in [7, 11) is -3.71. The Labute approximate surface area is 150 Å². The number of benzene rings is 2. The van der Waals surface area contributed by atoms with E-state index in [1.165, 1.54) is 18.2 Å². The summed E-state index contributed by atoms with van der Waals surface area (Å²) in [6.45, 7) is 0.0175. The summed E-state index contributed by atoms with van der Waals surface area (Å²) in [6, 6.07) is 12.8. The van der Waals surface area contributed by atoms with Crippen LogP contribution in [0.15, 0.2) is 53.4 Å². The summed E-state index contributed by atoms with van der Waals surface area (Å²) >= 11 is 11.6. The second-order valence-corrected chi connectivity index (χ2v) is 7.54. The highest BCUT2D eigenvalue weighted by Crippen LogP contribution is 2.15. The van der Waals surface area contributed by atoms with Crippen LogP contribution in [0.4, 0.5) is 0 Å². The predicted octanol–water partition coefficient (Wildman–Crippen LogP) is 3.41. The van der Waals surface area contributed by atoms with Crippen LogP contribution in [0.5, 0.6) is 0 Å². The molecule has 0 unspecified atom stereocenters. The molecule has 0 spiro atoms. The van der Waals surface area contributed by atoms with Crippen molar-refractivity contribution in [2.45, 2.75) is 17.9 Å². The van der Waals surface area contributed by atoms with Crippen molar-refractivity contribution in [2.24, 2.45) is 0 Å². The lowest BCUT2D eigenvalue weighted by atomic mass is 10.2. The van der Waals surface area contributed by atoms with Crippen LogP contribution in [0, 0.1) is 0 Å². The average molecular weight is 388 g/mol. The molecule has 0 radical (unpaired) electrons. The van der Waals surface area contributed by atoms with Crippen molar-refractivity contribution in [1.82, 2.24) is 4.72 Å². The van der Waals surface area contributed by atoms with Gasteiger partial charge in [-0.3, -0.25) is 4.79 Å². The molecule has 5 nitrogen and oxygen atoms in total. The zero-order valence-electron chi connectivity index (χ0n) is 12.5. The number of esters is 1. The van der Waals surface area contributed by atoms with Gasteiger partial charge in [-0.05, 0) is 35.9 Å². The Hall–Kier alpha value is -1.60. The third-order valence-electron chi connectivity index (χ3n) is 3.02. The minimum absolute atomic E-state index is 0.0438. The molecule has 2 rings (SSSR count). The topological polar surface area (TPSA) is 72.5 Å². The van der Waals surface area contributed by atoms with Crippen molar-refractivity contribution in [3.05, 3.63) is 64.1 Å². The van der Waals surface area contributed by atoms with E-state index >= 15 is 0 Å². The third-order valence-corrected chi connectivity index (χ3v) is 4.95. The zero-order valence-corrected chi connectivity index (χ0v) is 14.9. The van der Waals surface area contributed by atoms with E-state index in [-0.39, 0.29) is 24.5 Å². The van der Waals surface area contributed by atoms with Crippen molar-refractivity contribution in [2.75, 3.05) is 6.54 Å². The fourth-order valence-corrected chi connectivity index (χ4v) is 3.41. The average Bonchev–Trinajstić information content (AvgIpc) is 2.53. The molecular weight excluding hydrogens is 373 g/mol. The van der Waals surface area contributed by atoms with Crippen molar-refractivity contribution in [3.8, 4) is 0 Å². The first-order chi connectivity index (χ1) is 11.4. The molecule has 0 saturated carbocycles. The fourth-order valence-electron chi connectivity index (χ4n) is 1.87. The van der Waals surface area contributed by atoms with Crippen molar-refractivity contribution in [1.29, 1.82) is 0 Å². The van der Waals surface area contributed by atoms with E-state index in [1.54, 1.807) is 30.3 Å². The molecule has 0 aliphatic rings. The maximum Gasteiger partial charge on any atom is 0.307 e. The van der Waals surface area contributed by atoms with Crippen LogP contribution in [-0.2, 0) is 26.2 Å². The Morgan fingerprint density at radius 1 is 1.04 bits per heavy atom. The molecule has 1 N–H and O–H groups in total. The molecule has 0 fully saturated rings. The number of hydrogen-bond acceptors (Lipinski definition) is 4. The summed E-state index contributed by atoms with van der Waals surface area (Å²) in [6.07, 6.45) is -0.0830. The summed E-state index contributed by atoms with van der Waals surface area (Å²) in [5.41, 5.74) is 0.760. The molecule has 0 aliphatic heterocycles. The fraction of sp³-hybridized carbons (Fsp3) is 0.188. The normalized spacial score (nSPS) is 11.2. The van der Waals surface area contributed by atoms with Gasteiger partial charge in [-0.2, -0.15) is 0 Å². The van der Waals surface area contributed by atoms with Crippen LogP contribution >= 0.6 is 23.2 Å². The van der Waals surface area contributed by atoms with E-state index in [1.807, 2.05) is 0 Å². The molecule has 8 heteroatoms. The third kappa shape index (κ3) is 5.79. The largest absolute Gasteiger partial charge is 0.461 e. The molecular formula is C16H15Cl2NO4S. The quantitative estimate of drug-likeness (QED) is 0.738. The summed E-state index contributed by atoms with van der Waals surface area (Å²) < 4.78 is 31.5. The maximum atomic E-state index is 12.0. The van der Waals surface area contributed by atoms with E-state index in [9.17, 15) is 13.2 Å². The van der Waals surface area contributed by atoms with Gasteiger partial charge in [-0.25, -0.2) is 13.1 Å². The second-order valence-electron chi connectivity index (χ2n) is 4.90. The number of nitrogens with one attached hydrogen (secondary N) is 1. The minimum Gasteiger partial charge on any atom is -0.461 e. The number of rotatable bonds is 7. The smallest absolute Gasteiger partial charge is 0.307 e. The van der Waals surface area contributed by atoms with Gasteiger partial charge in [-0.15, -0.1) is 0 Å². The molecule has 0 heterocycles. The lowest BCUT2D eigenvalue weighted by molar-refractivity contribution is -0.144. The van der Waals surface area contributed by atoms with Crippen LogP contribution in [-0.4, -0.2) is 20.9 Å². The highest BCUT2D eigenvalue weighted by Gasteiger charge is 2.14. The van der Waals surface area contributed by atoms with Crippen LogP contribution < -0.4 is 4.72 Å². The molecule has 0 saturated heterocycles. The lowest BCUT2D eigenvalue weighted by Crippen LogP contribution is -2.26. The molecule has 24 heavy (non-hydrogen) atoms. The minimum atomic E-state index is -3.71. The number of hydrogen-bond donors (Lipinski definition) is 1. The van der Waals surface area contributed by atoms with E-state index < -0.39 is 16.0 Å². The Morgan fingerprint density at radius 3 is 2.38 bits per heavy atom. The van der Waals surface area contributed by atoms with Gasteiger partial charge in [0, 0.05) is 16.6 Å². The number of carbonyl (C=O) groups excluding carboxylic acids is 1. The predicted molar refractivity (Wildman–Crippen MR) is 92.5 cm³/mol. The highest BCUT2D eigenvalue weighted by atomic mass is 35.5. The Kier molecular flexibility index (Phi) is 6.62. The second kappa shape index (κ2) is 8.48. The Balaban J connectivity index is 1.80. The van der Waals surface area contributed by atoms with Gasteiger partial charge >= 0.3 is 5.97 Å². The maximum absolute atomic E-state index is 12.0. The highest BCUT2D eigenvalue weighted by molar-refractivity contribution is 7.89. The first kappa shape index (κ1) is 18.7. The molecule has 128 valence electrons. The zero-order chi connectivity index (χ0) is 17.6. The molecule has 2 aromatic rings. The van der Waals surface area contributed by atoms with Crippen molar-refractivity contribution in [3.63, 3.8) is 0 Å². The van der Waals surface area contributed by atoms with E-state index in [0.717, 1.165) is 5.56 Å². The van der Waals surface area contributed by atoms with E-state index in [0.29, 0.717) is 10.0 Å². The molecule has 2 aromatic carbocycles. The van der Waals surface area contributed by atoms with Crippen molar-refractivity contribution >= 4 is 39.2 Å². The van der Waals surface area contributed by atoms with Crippen molar-refractivity contribution < 1.29 is 17.9 Å². The summed E-state index contributed by atoms with van der Waals surface area (Å²) in [5, 5.41) is 0.872. The monoisotopic (exact) mass is 387 g/mol. The first-order valence-corrected chi connectivity index (χ1v) is 9.26. The first-order valence-electron chi connectivity index (χ1n) is 7.02. The SMILES string of the molecule is O=C(CCNS(=O)(=O)c1cccc(Cl)c1)OCc1cccc(Cl)c1. The number of sulfonamides is 1. The van der Waals surface area contributed by atoms with Crippen LogP contribution in [0.1, 0.15) is 12.0 Å². The van der Waals surface area contributed by atoms with Gasteiger partial charge < -0.3 is 4.74 Å². The Morgan fingerprint density at radius 2 is 1.71 bits per heavy atom. The number of carbonyl (C=O) groups is 1. The number of halogens is 2. The van der Waals surface area contributed by atoms with E-state index in [2.05, 4.69) is 4.72 Å². The van der Waals surface area contributed by atoms with Crippen LogP contribution in [0.3, 0.4) is 0 Å². The standard InChI is InChI=1S/C16H15Cl2NO4S/c17-13-4-1-3-12(9-13)11-23-16(20)7-8-19-24(21,22)15-6-2-5-14(18)10-15/h1-6,9-10,19H,7-8,11H2. The Bertz CT molecular complexity index is 824. The van der Waals surface area contributed by atoms with Gasteiger partial charge in [0.25, 0.3) is 0 Å². The van der Waals surface area contributed by atoms with Gasteiger partial charge in [0.1, 0.15) is 6.61 Å². The summed E-state index contributed by atoms with van der Waals surface area (Å²) in [4.78, 5) is 11.7. The molecule has 0 aliphatic carbocycles. The molecule has 0 bridgehead atoms. The van der Waals surface area contributed by atoms with Gasteiger partial charge in [0.2, 0.25) is 10.0 Å². The summed E-state index contributed by atoms with van der Waals surface area (Å²) in [5.74, 6) is -0.510. The molecule has 0 amide bonds. The van der Waals surface area contributed by atoms with Gasteiger partial charge in [0.15, 0.2) is 0 Å². The van der Waals surface area contributed by atoms with E-state index in [4.69, 9.17) is 27.9 Å². The van der Waals surface area contributed by atoms with Gasteiger partial charge in [0.05, 0.1) is 11.3 Å².